The van der Waals surface area contributed by atoms with Gasteiger partial charge in [0.25, 0.3) is 0 Å². The molecule has 0 aliphatic heterocycles. The third-order valence-corrected chi connectivity index (χ3v) is 3.63. The second kappa shape index (κ2) is 6.20. The van der Waals surface area contributed by atoms with Crippen LogP contribution in [0.3, 0.4) is 0 Å². The Hall–Kier alpha value is -0.340. The van der Waals surface area contributed by atoms with Crippen LogP contribution in [0.5, 0.6) is 0 Å². The van der Waals surface area contributed by atoms with E-state index in [0.717, 1.165) is 4.20 Å². The minimum absolute atomic E-state index is 0.632. The van der Waals surface area contributed by atoms with Crippen LogP contribution in [-0.2, 0) is 0 Å². The highest BCUT2D eigenvalue weighted by Crippen LogP contribution is 2.21. The van der Waals surface area contributed by atoms with Crippen molar-refractivity contribution < 1.29 is 0 Å². The predicted molar refractivity (Wildman–Crippen MR) is 70.1 cm³/mol. The fourth-order valence-corrected chi connectivity index (χ4v) is 2.91. The van der Waals surface area contributed by atoms with Gasteiger partial charge in [0.1, 0.15) is 0 Å². The van der Waals surface area contributed by atoms with Crippen LogP contribution in [0.15, 0.2) is 30.3 Å². The first-order valence-electron chi connectivity index (χ1n) is 5.00. The van der Waals surface area contributed by atoms with E-state index < -0.39 is 0 Å². The van der Waals surface area contributed by atoms with Gasteiger partial charge in [-0.2, -0.15) is 0 Å². The number of hydrogen-bond donors (Lipinski definition) is 0. The molecule has 2 heteroatoms. The summed E-state index contributed by atoms with van der Waals surface area (Å²) in [5.41, 5.74) is 1.18. The topological polar surface area (TPSA) is 0 Å². The van der Waals surface area contributed by atoms with E-state index in [0.29, 0.717) is 5.25 Å². The van der Waals surface area contributed by atoms with Gasteiger partial charge >= 0.3 is 0 Å². The molecule has 1 aromatic carbocycles. The second-order valence-electron chi connectivity index (χ2n) is 3.37. The minimum Gasteiger partial charge on any atom is -0.111 e. The number of rotatable bonds is 4. The van der Waals surface area contributed by atoms with Gasteiger partial charge in [-0.1, -0.05) is 62.8 Å². The first kappa shape index (κ1) is 11.7. The Kier molecular flexibility index (Phi) is 5.20. The Morgan fingerprint density at radius 3 is 2.57 bits per heavy atom. The third kappa shape index (κ3) is 3.81. The highest BCUT2D eigenvalue weighted by Gasteiger charge is 2.06. The lowest BCUT2D eigenvalue weighted by molar-refractivity contribution is 0.790. The summed E-state index contributed by atoms with van der Waals surface area (Å²) in [6.45, 7) is 4.45. The molecule has 0 aromatic heterocycles. The number of benzene rings is 1. The van der Waals surface area contributed by atoms with Crippen molar-refractivity contribution in [3.63, 3.8) is 0 Å². The van der Waals surface area contributed by atoms with Crippen LogP contribution in [0.4, 0.5) is 0 Å². The zero-order chi connectivity index (χ0) is 10.4. The Bertz CT molecular complexity index is 280. The molecular formula is C12H16S2. The van der Waals surface area contributed by atoms with Gasteiger partial charge in [-0.25, -0.2) is 0 Å². The molecular weight excluding hydrogens is 208 g/mol. The van der Waals surface area contributed by atoms with Crippen LogP contribution in [0.1, 0.15) is 32.3 Å². The summed E-state index contributed by atoms with van der Waals surface area (Å²) in [5.74, 6) is 0. The molecule has 1 rings (SSSR count). The Morgan fingerprint density at radius 2 is 2.00 bits per heavy atom. The quantitative estimate of drug-likeness (QED) is 0.700. The molecule has 1 atom stereocenters. The minimum atomic E-state index is 0.632. The molecule has 14 heavy (non-hydrogen) atoms. The molecule has 0 amide bonds. The molecule has 0 nitrogen and oxygen atoms in total. The smallest absolute Gasteiger partial charge is 0.0780 e. The molecule has 0 N–H and O–H groups in total. The van der Waals surface area contributed by atoms with Crippen LogP contribution in [0.25, 0.3) is 0 Å². The third-order valence-electron chi connectivity index (χ3n) is 2.01. The summed E-state index contributed by atoms with van der Waals surface area (Å²) in [4.78, 5) is 0. The number of hydrogen-bond acceptors (Lipinski definition) is 2. The molecule has 0 radical (unpaired) electrons. The van der Waals surface area contributed by atoms with E-state index in [1.165, 1.54) is 18.4 Å². The Morgan fingerprint density at radius 1 is 1.36 bits per heavy atom. The van der Waals surface area contributed by atoms with Crippen molar-refractivity contribution >= 4 is 28.2 Å². The maximum absolute atomic E-state index is 5.37. The average molecular weight is 224 g/mol. The molecule has 1 unspecified atom stereocenters. The standard InChI is InChI=1S/C12H16S2/c1-3-7-10(2)14-12(13)11-8-5-4-6-9-11/h4-6,8-10H,3,7H2,1-2H3. The fraction of sp³-hybridized carbons (Fsp3) is 0.417. The number of thiocarbonyl (C=S) groups is 1. The Labute approximate surface area is 96.1 Å². The average Bonchev–Trinajstić information content (AvgIpc) is 2.19. The lowest BCUT2D eigenvalue weighted by Crippen LogP contribution is -2.01. The first-order valence-corrected chi connectivity index (χ1v) is 6.29. The van der Waals surface area contributed by atoms with Crippen molar-refractivity contribution in [1.29, 1.82) is 0 Å². The van der Waals surface area contributed by atoms with Crippen molar-refractivity contribution in [2.45, 2.75) is 31.9 Å². The maximum atomic E-state index is 5.37. The summed E-state index contributed by atoms with van der Waals surface area (Å²) in [6.07, 6.45) is 2.46. The van der Waals surface area contributed by atoms with E-state index in [4.69, 9.17) is 12.2 Å². The van der Waals surface area contributed by atoms with E-state index in [2.05, 4.69) is 26.0 Å². The van der Waals surface area contributed by atoms with Crippen molar-refractivity contribution in [1.82, 2.24) is 0 Å². The molecule has 0 aliphatic rings. The monoisotopic (exact) mass is 224 g/mol. The first-order chi connectivity index (χ1) is 6.74. The highest BCUT2D eigenvalue weighted by molar-refractivity contribution is 8.24. The van der Waals surface area contributed by atoms with E-state index in [-0.39, 0.29) is 0 Å². The lowest BCUT2D eigenvalue weighted by atomic mass is 10.2. The summed E-state index contributed by atoms with van der Waals surface area (Å²) in [6, 6.07) is 10.2. The molecule has 0 bridgehead atoms. The molecule has 0 aliphatic carbocycles. The van der Waals surface area contributed by atoms with Crippen molar-refractivity contribution in [3.05, 3.63) is 35.9 Å². The van der Waals surface area contributed by atoms with Crippen molar-refractivity contribution in [2.75, 3.05) is 0 Å². The van der Waals surface area contributed by atoms with Crippen LogP contribution >= 0.6 is 24.0 Å². The molecule has 0 heterocycles. The van der Waals surface area contributed by atoms with Crippen molar-refractivity contribution in [3.8, 4) is 0 Å². The van der Waals surface area contributed by atoms with E-state index in [1.54, 1.807) is 0 Å². The Balaban J connectivity index is 2.51. The fourth-order valence-electron chi connectivity index (χ4n) is 1.29. The van der Waals surface area contributed by atoms with Crippen LogP contribution in [0, 0.1) is 0 Å². The van der Waals surface area contributed by atoms with Gasteiger partial charge in [-0.3, -0.25) is 0 Å². The van der Waals surface area contributed by atoms with Crippen LogP contribution < -0.4 is 0 Å². The van der Waals surface area contributed by atoms with Crippen LogP contribution in [0.2, 0.25) is 0 Å². The van der Waals surface area contributed by atoms with E-state index in [1.807, 2.05) is 30.0 Å². The number of thioether (sulfide) groups is 1. The van der Waals surface area contributed by atoms with Crippen molar-refractivity contribution in [2.24, 2.45) is 0 Å². The summed E-state index contributed by atoms with van der Waals surface area (Å²) >= 11 is 7.18. The zero-order valence-electron chi connectivity index (χ0n) is 8.69. The van der Waals surface area contributed by atoms with Gasteiger partial charge in [-0.05, 0) is 12.0 Å². The predicted octanol–water partition coefficient (Wildman–Crippen LogP) is 4.28. The maximum Gasteiger partial charge on any atom is 0.0780 e. The van der Waals surface area contributed by atoms with E-state index >= 15 is 0 Å². The summed E-state index contributed by atoms with van der Waals surface area (Å²) in [5, 5.41) is 0.632. The van der Waals surface area contributed by atoms with Gasteiger partial charge in [0, 0.05) is 5.25 Å². The van der Waals surface area contributed by atoms with Gasteiger partial charge in [0.2, 0.25) is 0 Å². The van der Waals surface area contributed by atoms with Crippen LogP contribution in [-0.4, -0.2) is 9.45 Å². The molecule has 0 fully saturated rings. The summed E-state index contributed by atoms with van der Waals surface area (Å²) in [7, 11) is 0. The summed E-state index contributed by atoms with van der Waals surface area (Å²) < 4.78 is 1.02. The SMILES string of the molecule is CCCC(C)SC(=S)c1ccccc1. The van der Waals surface area contributed by atoms with Gasteiger partial charge in [-0.15, -0.1) is 11.8 Å². The molecule has 0 spiro atoms. The molecule has 0 saturated carbocycles. The highest BCUT2D eigenvalue weighted by atomic mass is 32.2. The molecule has 76 valence electrons. The normalized spacial score (nSPS) is 12.4. The lowest BCUT2D eigenvalue weighted by Gasteiger charge is -2.10. The van der Waals surface area contributed by atoms with E-state index in [9.17, 15) is 0 Å². The van der Waals surface area contributed by atoms with Gasteiger partial charge in [0.05, 0.1) is 4.20 Å². The second-order valence-corrected chi connectivity index (χ2v) is 5.49. The van der Waals surface area contributed by atoms with Gasteiger partial charge in [0.15, 0.2) is 0 Å². The molecule has 0 saturated heterocycles. The largest absolute Gasteiger partial charge is 0.111 e. The zero-order valence-corrected chi connectivity index (χ0v) is 10.3. The molecule has 1 aromatic rings. The van der Waals surface area contributed by atoms with Gasteiger partial charge < -0.3 is 0 Å².